The molecule has 0 unspecified atom stereocenters. The monoisotopic (exact) mass is 394 g/mol. The number of furan rings is 1. The van der Waals surface area contributed by atoms with E-state index in [1.807, 2.05) is 39.0 Å². The van der Waals surface area contributed by atoms with E-state index < -0.39 is 5.91 Å². The average molecular weight is 394 g/mol. The van der Waals surface area contributed by atoms with Crippen molar-refractivity contribution in [2.45, 2.75) is 26.9 Å². The molecule has 0 aliphatic carbocycles. The standard InChI is InChI=1S/C21H18N2O4S/c1-11(2)26-17-5-4-13(6-12(17)3)16-10-22-9-14-7-15(27-19(14)16)8-18-20(24)23-21(25)28-18/h4-11H,1-3H3,(H,23,24,25)/b18-8+. The normalized spacial score (nSPS) is 15.6. The maximum absolute atomic E-state index is 11.8. The Morgan fingerprint density at radius 1 is 1.21 bits per heavy atom. The van der Waals surface area contributed by atoms with Gasteiger partial charge in [0.25, 0.3) is 11.1 Å². The van der Waals surface area contributed by atoms with Crippen LogP contribution >= 0.6 is 11.8 Å². The molecule has 3 aromatic rings. The van der Waals surface area contributed by atoms with Gasteiger partial charge in [0.1, 0.15) is 17.1 Å². The number of nitrogens with zero attached hydrogens (tertiary/aromatic N) is 1. The first-order valence-electron chi connectivity index (χ1n) is 8.81. The average Bonchev–Trinajstić information content (AvgIpc) is 3.18. The Hall–Kier alpha value is -3.06. The number of amides is 2. The van der Waals surface area contributed by atoms with E-state index in [-0.39, 0.29) is 11.3 Å². The summed E-state index contributed by atoms with van der Waals surface area (Å²) < 4.78 is 11.8. The van der Waals surface area contributed by atoms with Gasteiger partial charge in [-0.2, -0.15) is 0 Å². The highest BCUT2D eigenvalue weighted by Gasteiger charge is 2.25. The molecule has 7 heteroatoms. The van der Waals surface area contributed by atoms with E-state index in [1.165, 1.54) is 0 Å². The summed E-state index contributed by atoms with van der Waals surface area (Å²) in [5.74, 6) is 0.927. The maximum Gasteiger partial charge on any atom is 0.290 e. The minimum absolute atomic E-state index is 0.104. The third kappa shape index (κ3) is 3.53. The minimum Gasteiger partial charge on any atom is -0.491 e. The molecular formula is C21H18N2O4S. The summed E-state index contributed by atoms with van der Waals surface area (Å²) >= 11 is 0.859. The molecule has 0 bridgehead atoms. The number of ether oxygens (including phenoxy) is 1. The number of rotatable bonds is 4. The van der Waals surface area contributed by atoms with Crippen molar-refractivity contribution in [3.05, 3.63) is 52.9 Å². The van der Waals surface area contributed by atoms with Gasteiger partial charge >= 0.3 is 0 Å². The van der Waals surface area contributed by atoms with Crippen LogP contribution in [0.3, 0.4) is 0 Å². The van der Waals surface area contributed by atoms with E-state index >= 15 is 0 Å². The SMILES string of the molecule is Cc1cc(-c2cncc3cc(/C=C4/SC(=O)NC4=O)oc23)ccc1OC(C)C. The van der Waals surface area contributed by atoms with Gasteiger partial charge in [-0.25, -0.2) is 0 Å². The van der Waals surface area contributed by atoms with Crippen molar-refractivity contribution >= 4 is 40.0 Å². The molecule has 142 valence electrons. The maximum atomic E-state index is 11.8. The molecule has 0 saturated carbocycles. The molecule has 1 aromatic carbocycles. The highest BCUT2D eigenvalue weighted by Crippen LogP contribution is 2.34. The highest BCUT2D eigenvalue weighted by molar-refractivity contribution is 8.18. The quantitative estimate of drug-likeness (QED) is 0.633. The smallest absolute Gasteiger partial charge is 0.290 e. The van der Waals surface area contributed by atoms with E-state index in [2.05, 4.69) is 10.3 Å². The fourth-order valence-electron chi connectivity index (χ4n) is 3.01. The second-order valence-corrected chi connectivity index (χ2v) is 7.77. The van der Waals surface area contributed by atoms with Gasteiger partial charge in [0.05, 0.1) is 11.0 Å². The lowest BCUT2D eigenvalue weighted by Gasteiger charge is -2.13. The van der Waals surface area contributed by atoms with Gasteiger partial charge in [-0.1, -0.05) is 6.07 Å². The van der Waals surface area contributed by atoms with Gasteiger partial charge in [0, 0.05) is 29.4 Å². The lowest BCUT2D eigenvalue weighted by atomic mass is 10.0. The molecule has 1 aliphatic rings. The third-order valence-electron chi connectivity index (χ3n) is 4.21. The molecule has 0 atom stereocenters. The number of carbonyl (C=O) groups excluding carboxylic acids is 2. The van der Waals surface area contributed by atoms with Crippen molar-refractivity contribution < 1.29 is 18.7 Å². The number of carbonyl (C=O) groups is 2. The Morgan fingerprint density at radius 3 is 2.71 bits per heavy atom. The van der Waals surface area contributed by atoms with E-state index in [0.717, 1.165) is 39.6 Å². The van der Waals surface area contributed by atoms with Crippen molar-refractivity contribution in [1.29, 1.82) is 0 Å². The molecular weight excluding hydrogens is 376 g/mol. The zero-order valence-corrected chi connectivity index (χ0v) is 16.4. The number of aromatic nitrogens is 1. The number of thioether (sulfide) groups is 1. The van der Waals surface area contributed by atoms with Crippen molar-refractivity contribution in [3.63, 3.8) is 0 Å². The summed E-state index contributed by atoms with van der Waals surface area (Å²) in [6.45, 7) is 5.99. The first kappa shape index (κ1) is 18.3. The molecule has 0 spiro atoms. The minimum atomic E-state index is -0.412. The number of pyridine rings is 1. The van der Waals surface area contributed by atoms with Crippen molar-refractivity contribution in [2.75, 3.05) is 0 Å². The Labute approximate surface area is 166 Å². The number of benzene rings is 1. The lowest BCUT2D eigenvalue weighted by molar-refractivity contribution is -0.115. The number of nitrogens with one attached hydrogen (secondary N) is 1. The van der Waals surface area contributed by atoms with Gasteiger partial charge in [-0.15, -0.1) is 0 Å². The van der Waals surface area contributed by atoms with Crippen molar-refractivity contribution in [2.24, 2.45) is 0 Å². The Kier molecular flexibility index (Phi) is 4.68. The molecule has 3 heterocycles. The zero-order chi connectivity index (χ0) is 19.8. The Balaban J connectivity index is 1.74. The van der Waals surface area contributed by atoms with Gasteiger partial charge in [-0.05, 0) is 61.9 Å². The van der Waals surface area contributed by atoms with Crippen molar-refractivity contribution in [1.82, 2.24) is 10.3 Å². The fraction of sp³-hybridized carbons (Fsp3) is 0.190. The Morgan fingerprint density at radius 2 is 2.04 bits per heavy atom. The number of hydrogen-bond donors (Lipinski definition) is 1. The number of hydrogen-bond acceptors (Lipinski definition) is 6. The van der Waals surface area contributed by atoms with E-state index in [0.29, 0.717) is 16.2 Å². The largest absolute Gasteiger partial charge is 0.491 e. The highest BCUT2D eigenvalue weighted by atomic mass is 32.2. The summed E-state index contributed by atoms with van der Waals surface area (Å²) in [5.41, 5.74) is 3.51. The van der Waals surface area contributed by atoms with Crippen LogP contribution in [0.1, 0.15) is 25.2 Å². The summed E-state index contributed by atoms with van der Waals surface area (Å²) in [6, 6.07) is 7.76. The summed E-state index contributed by atoms with van der Waals surface area (Å²) in [4.78, 5) is 27.7. The summed E-state index contributed by atoms with van der Waals surface area (Å²) in [7, 11) is 0. The van der Waals surface area contributed by atoms with Gasteiger partial charge in [-0.3, -0.25) is 19.9 Å². The summed E-state index contributed by atoms with van der Waals surface area (Å²) in [6.07, 6.45) is 5.13. The van der Waals surface area contributed by atoms with Crippen LogP contribution in [0.15, 0.2) is 46.0 Å². The van der Waals surface area contributed by atoms with E-state index in [1.54, 1.807) is 24.5 Å². The van der Waals surface area contributed by atoms with Crippen LogP contribution in [0.5, 0.6) is 5.75 Å². The predicted molar refractivity (Wildman–Crippen MR) is 109 cm³/mol. The second kappa shape index (κ2) is 7.16. The number of imide groups is 1. The molecule has 2 aromatic heterocycles. The molecule has 4 rings (SSSR count). The first-order valence-corrected chi connectivity index (χ1v) is 9.62. The first-order chi connectivity index (χ1) is 13.4. The Bertz CT molecular complexity index is 1130. The van der Waals surface area contributed by atoms with Crippen LogP contribution in [0, 0.1) is 6.92 Å². The van der Waals surface area contributed by atoms with Gasteiger partial charge in [0.15, 0.2) is 0 Å². The number of aryl methyl sites for hydroxylation is 1. The van der Waals surface area contributed by atoms with Crippen molar-refractivity contribution in [3.8, 4) is 16.9 Å². The molecule has 1 N–H and O–H groups in total. The van der Waals surface area contributed by atoms with E-state index in [4.69, 9.17) is 9.15 Å². The molecule has 6 nitrogen and oxygen atoms in total. The van der Waals surface area contributed by atoms with Crippen LogP contribution in [0.25, 0.3) is 28.2 Å². The zero-order valence-electron chi connectivity index (χ0n) is 15.6. The summed E-state index contributed by atoms with van der Waals surface area (Å²) in [5, 5.41) is 2.67. The van der Waals surface area contributed by atoms with Crippen LogP contribution < -0.4 is 10.1 Å². The molecule has 1 fully saturated rings. The molecule has 0 radical (unpaired) electrons. The van der Waals surface area contributed by atoms with Gasteiger partial charge < -0.3 is 9.15 Å². The number of fused-ring (bicyclic) bond motifs is 1. The van der Waals surface area contributed by atoms with Gasteiger partial charge in [0.2, 0.25) is 0 Å². The predicted octanol–water partition coefficient (Wildman–Crippen LogP) is 4.91. The second-order valence-electron chi connectivity index (χ2n) is 6.75. The molecule has 1 aliphatic heterocycles. The van der Waals surface area contributed by atoms with Crippen LogP contribution in [-0.4, -0.2) is 22.2 Å². The van der Waals surface area contributed by atoms with Crippen LogP contribution in [0.4, 0.5) is 4.79 Å². The third-order valence-corrected chi connectivity index (χ3v) is 5.02. The van der Waals surface area contributed by atoms with Crippen LogP contribution in [0.2, 0.25) is 0 Å². The molecule has 28 heavy (non-hydrogen) atoms. The fourth-order valence-corrected chi connectivity index (χ4v) is 3.67. The lowest BCUT2D eigenvalue weighted by Crippen LogP contribution is -2.17. The molecule has 2 amide bonds. The van der Waals surface area contributed by atoms with E-state index in [9.17, 15) is 9.59 Å². The van der Waals surface area contributed by atoms with Crippen LogP contribution in [-0.2, 0) is 4.79 Å². The molecule has 1 saturated heterocycles. The topological polar surface area (TPSA) is 81.4 Å².